The Balaban J connectivity index is 1.25. The summed E-state index contributed by atoms with van der Waals surface area (Å²) >= 11 is 0. The van der Waals surface area contributed by atoms with Crippen LogP contribution in [0.15, 0.2) is 36.7 Å². The van der Waals surface area contributed by atoms with E-state index in [-0.39, 0.29) is 5.92 Å². The highest BCUT2D eigenvalue weighted by Crippen LogP contribution is 2.36. The van der Waals surface area contributed by atoms with Crippen LogP contribution in [0.2, 0.25) is 0 Å². The standard InChI is InChI=1S/C28H36N8/c29-26-14-25(27-28(32-26)34-35-33-27)24(8-4-7-19-5-2-1-3-6-19)23-16-31-36(18-23)17-20-9-10-22-15-30-12-11-21(22)13-20/h9-10,13-14,16,18-19,24,30H,1-8,11-12,15,17H2,(H3,29,32,33,34,35). The number of nitrogens with zero attached hydrogens (tertiary/aromatic N) is 5. The third-order valence-corrected chi connectivity index (χ3v) is 8.10. The lowest BCUT2D eigenvalue weighted by molar-refractivity contribution is 0.328. The molecule has 0 saturated heterocycles. The van der Waals surface area contributed by atoms with Gasteiger partial charge in [-0.2, -0.15) is 15.4 Å². The molecule has 4 heterocycles. The van der Waals surface area contributed by atoms with E-state index in [2.05, 4.69) is 54.8 Å². The maximum absolute atomic E-state index is 6.19. The molecule has 6 rings (SSSR count). The van der Waals surface area contributed by atoms with Crippen LogP contribution in [0.1, 0.15) is 85.1 Å². The molecule has 1 atom stereocenters. The van der Waals surface area contributed by atoms with E-state index in [1.54, 1.807) is 0 Å². The largest absolute Gasteiger partial charge is 0.384 e. The monoisotopic (exact) mass is 484 g/mol. The SMILES string of the molecule is Nc1cc(C(CCCC2CCCCC2)c2cnn(Cc3ccc4c(c3)CCNC4)c2)c2n[nH]nc2n1. The van der Waals surface area contributed by atoms with Crippen LogP contribution < -0.4 is 11.1 Å². The molecule has 4 N–H and O–H groups in total. The first-order valence-corrected chi connectivity index (χ1v) is 13.5. The van der Waals surface area contributed by atoms with Gasteiger partial charge in [-0.3, -0.25) is 4.68 Å². The molecule has 2 aliphatic rings. The molecule has 0 spiro atoms. The maximum Gasteiger partial charge on any atom is 0.203 e. The fourth-order valence-electron chi connectivity index (χ4n) is 6.19. The first-order valence-electron chi connectivity index (χ1n) is 13.5. The van der Waals surface area contributed by atoms with Gasteiger partial charge >= 0.3 is 0 Å². The second-order valence-corrected chi connectivity index (χ2v) is 10.6. The van der Waals surface area contributed by atoms with Gasteiger partial charge in [0.2, 0.25) is 5.65 Å². The Morgan fingerprint density at radius 2 is 2.00 bits per heavy atom. The third-order valence-electron chi connectivity index (χ3n) is 8.10. The van der Waals surface area contributed by atoms with Crippen molar-refractivity contribution in [3.63, 3.8) is 0 Å². The first kappa shape index (κ1) is 23.2. The molecule has 36 heavy (non-hydrogen) atoms. The number of nitrogens with two attached hydrogens (primary N) is 1. The number of benzene rings is 1. The van der Waals surface area contributed by atoms with Crippen LogP contribution >= 0.6 is 0 Å². The molecule has 1 unspecified atom stereocenters. The number of hydrogen-bond donors (Lipinski definition) is 3. The van der Waals surface area contributed by atoms with Crippen molar-refractivity contribution in [3.05, 3.63) is 64.5 Å². The maximum atomic E-state index is 6.19. The zero-order valence-electron chi connectivity index (χ0n) is 20.9. The van der Waals surface area contributed by atoms with E-state index in [4.69, 9.17) is 10.8 Å². The van der Waals surface area contributed by atoms with E-state index in [1.165, 1.54) is 67.2 Å². The molecule has 1 aliphatic heterocycles. The molecule has 1 aromatic carbocycles. The molecule has 188 valence electrons. The van der Waals surface area contributed by atoms with E-state index in [0.717, 1.165) is 49.5 Å². The average molecular weight is 485 g/mol. The predicted octanol–water partition coefficient (Wildman–Crippen LogP) is 4.71. The van der Waals surface area contributed by atoms with E-state index in [9.17, 15) is 0 Å². The molecule has 4 aromatic rings. The van der Waals surface area contributed by atoms with Crippen LogP contribution in [-0.4, -0.2) is 36.7 Å². The van der Waals surface area contributed by atoms with Crippen molar-refractivity contribution in [1.82, 2.24) is 35.5 Å². The predicted molar refractivity (Wildman–Crippen MR) is 142 cm³/mol. The highest BCUT2D eigenvalue weighted by Gasteiger charge is 2.23. The van der Waals surface area contributed by atoms with Crippen molar-refractivity contribution in [2.24, 2.45) is 5.92 Å². The van der Waals surface area contributed by atoms with Crippen molar-refractivity contribution in [2.45, 2.75) is 76.8 Å². The molecule has 0 amide bonds. The topological polar surface area (TPSA) is 110 Å². The van der Waals surface area contributed by atoms with Crippen molar-refractivity contribution in [1.29, 1.82) is 0 Å². The van der Waals surface area contributed by atoms with Crippen molar-refractivity contribution in [3.8, 4) is 0 Å². The summed E-state index contributed by atoms with van der Waals surface area (Å²) in [6.45, 7) is 2.79. The zero-order chi connectivity index (χ0) is 24.3. The number of pyridine rings is 1. The molecule has 3 aromatic heterocycles. The van der Waals surface area contributed by atoms with Gasteiger partial charge in [-0.25, -0.2) is 4.98 Å². The van der Waals surface area contributed by atoms with Crippen LogP contribution in [0.5, 0.6) is 0 Å². The number of nitrogens with one attached hydrogen (secondary N) is 2. The average Bonchev–Trinajstić information content (AvgIpc) is 3.56. The third kappa shape index (κ3) is 5.00. The summed E-state index contributed by atoms with van der Waals surface area (Å²) in [4.78, 5) is 4.37. The number of rotatable bonds is 8. The van der Waals surface area contributed by atoms with E-state index in [1.807, 2.05) is 12.3 Å². The van der Waals surface area contributed by atoms with Crippen LogP contribution in [0.3, 0.4) is 0 Å². The highest BCUT2D eigenvalue weighted by atomic mass is 15.3. The van der Waals surface area contributed by atoms with Crippen molar-refractivity contribution in [2.75, 3.05) is 12.3 Å². The summed E-state index contributed by atoms with van der Waals surface area (Å²) in [5.41, 5.74) is 14.0. The van der Waals surface area contributed by atoms with Gasteiger partial charge in [0, 0.05) is 18.7 Å². The number of H-pyrrole nitrogens is 1. The van der Waals surface area contributed by atoms with E-state index < -0.39 is 0 Å². The molecular weight excluding hydrogens is 448 g/mol. The Kier molecular flexibility index (Phi) is 6.68. The summed E-state index contributed by atoms with van der Waals surface area (Å²) in [6.07, 6.45) is 15.8. The van der Waals surface area contributed by atoms with Gasteiger partial charge in [0.15, 0.2) is 0 Å². The number of anilines is 1. The van der Waals surface area contributed by atoms with Gasteiger partial charge in [0.25, 0.3) is 0 Å². The minimum Gasteiger partial charge on any atom is -0.384 e. The first-order chi connectivity index (χ1) is 17.7. The Hall–Kier alpha value is -3.26. The lowest BCUT2D eigenvalue weighted by atomic mass is 9.83. The molecule has 0 bridgehead atoms. The number of aromatic amines is 1. The van der Waals surface area contributed by atoms with E-state index in [0.29, 0.717) is 11.5 Å². The van der Waals surface area contributed by atoms with E-state index >= 15 is 0 Å². The van der Waals surface area contributed by atoms with Gasteiger partial charge in [-0.15, -0.1) is 5.10 Å². The molecular formula is C28H36N8. The normalized spacial score (nSPS) is 17.3. The lowest BCUT2D eigenvalue weighted by Gasteiger charge is -2.23. The Bertz CT molecular complexity index is 1320. The van der Waals surface area contributed by atoms with Gasteiger partial charge < -0.3 is 11.1 Å². The fraction of sp³-hybridized carbons (Fsp3) is 0.500. The second-order valence-electron chi connectivity index (χ2n) is 10.6. The molecule has 1 saturated carbocycles. The molecule has 8 heteroatoms. The Labute approximate surface area is 212 Å². The summed E-state index contributed by atoms with van der Waals surface area (Å²) < 4.78 is 2.07. The van der Waals surface area contributed by atoms with Crippen molar-refractivity contribution >= 4 is 17.0 Å². The molecule has 0 radical (unpaired) electrons. The number of fused-ring (bicyclic) bond motifs is 2. The zero-order valence-corrected chi connectivity index (χ0v) is 20.9. The lowest BCUT2D eigenvalue weighted by Crippen LogP contribution is -2.23. The van der Waals surface area contributed by atoms with Crippen LogP contribution in [0, 0.1) is 5.92 Å². The van der Waals surface area contributed by atoms with Gasteiger partial charge in [-0.1, -0.05) is 63.1 Å². The van der Waals surface area contributed by atoms with Crippen LogP contribution in [0.25, 0.3) is 11.2 Å². The minimum atomic E-state index is 0.162. The highest BCUT2D eigenvalue weighted by molar-refractivity contribution is 5.77. The molecule has 8 nitrogen and oxygen atoms in total. The number of nitrogen functional groups attached to an aromatic ring is 1. The summed E-state index contributed by atoms with van der Waals surface area (Å²) in [7, 11) is 0. The summed E-state index contributed by atoms with van der Waals surface area (Å²) in [6, 6.07) is 8.82. The fourth-order valence-corrected chi connectivity index (χ4v) is 6.19. The second kappa shape index (κ2) is 10.4. The van der Waals surface area contributed by atoms with Crippen molar-refractivity contribution < 1.29 is 0 Å². The smallest absolute Gasteiger partial charge is 0.203 e. The van der Waals surface area contributed by atoms with Gasteiger partial charge in [0.1, 0.15) is 11.3 Å². The molecule has 1 aliphatic carbocycles. The Morgan fingerprint density at radius 1 is 1.08 bits per heavy atom. The quantitative estimate of drug-likeness (QED) is 0.334. The minimum absolute atomic E-state index is 0.162. The number of hydrogen-bond acceptors (Lipinski definition) is 6. The van der Waals surface area contributed by atoms with Gasteiger partial charge in [-0.05, 0) is 59.2 Å². The summed E-state index contributed by atoms with van der Waals surface area (Å²) in [5, 5.41) is 19.6. The summed E-state index contributed by atoms with van der Waals surface area (Å²) in [5.74, 6) is 1.52. The number of aromatic nitrogens is 6. The van der Waals surface area contributed by atoms with Gasteiger partial charge in [0.05, 0.1) is 12.7 Å². The van der Waals surface area contributed by atoms with Crippen LogP contribution in [0.4, 0.5) is 5.82 Å². The Morgan fingerprint density at radius 3 is 2.92 bits per heavy atom. The van der Waals surface area contributed by atoms with Crippen LogP contribution in [-0.2, 0) is 19.5 Å². The molecule has 1 fully saturated rings.